The van der Waals surface area contributed by atoms with Gasteiger partial charge < -0.3 is 21.1 Å². The summed E-state index contributed by atoms with van der Waals surface area (Å²) in [6.07, 6.45) is 5.94. The quantitative estimate of drug-likeness (QED) is 0.556. The molecule has 0 saturated heterocycles. The highest BCUT2D eigenvalue weighted by Crippen LogP contribution is 2.68. The lowest BCUT2D eigenvalue weighted by Gasteiger charge is -2.64. The molecule has 3 fully saturated rings. The third-order valence-corrected chi connectivity index (χ3v) is 8.92. The predicted molar refractivity (Wildman–Crippen MR) is 103 cm³/mol. The molecule has 0 radical (unpaired) electrons. The molecule has 154 valence electrons. The highest BCUT2D eigenvalue weighted by Gasteiger charge is 2.74. The molecule has 3 saturated carbocycles. The number of rotatable bonds is 2. The van der Waals surface area contributed by atoms with Gasteiger partial charge >= 0.3 is 0 Å². The van der Waals surface area contributed by atoms with Gasteiger partial charge in [0, 0.05) is 22.3 Å². The Balaban J connectivity index is 1.84. The van der Waals surface area contributed by atoms with E-state index in [1.54, 1.807) is 19.1 Å². The lowest BCUT2D eigenvalue weighted by molar-refractivity contribution is -0.186. The van der Waals surface area contributed by atoms with E-state index in [1.165, 1.54) is 0 Å². The predicted octanol–water partition coefficient (Wildman–Crippen LogP) is 0.885. The summed E-state index contributed by atoms with van der Waals surface area (Å²) < 4.78 is 0. The molecule has 0 heterocycles. The van der Waals surface area contributed by atoms with Crippen LogP contribution in [0.25, 0.3) is 0 Å². The Morgan fingerprint density at radius 3 is 2.64 bits per heavy atom. The first-order chi connectivity index (χ1) is 12.9. The number of ketones is 2. The lowest BCUT2D eigenvalue weighted by atomic mass is 9.42. The average Bonchev–Trinajstić information content (AvgIpc) is 2.85. The summed E-state index contributed by atoms with van der Waals surface area (Å²) >= 11 is 0. The Morgan fingerprint density at radius 1 is 1.32 bits per heavy atom. The number of Topliss-reactive ketones (excluding diaryl/α,β-unsaturated/α-hetero) is 1. The molecule has 0 aromatic carbocycles. The Labute approximate surface area is 165 Å². The third-order valence-electron chi connectivity index (χ3n) is 8.92. The number of aliphatic hydroxyl groups excluding tert-OH is 2. The molecule has 4 aliphatic carbocycles. The average molecular weight is 389 g/mol. The largest absolute Gasteiger partial charge is 0.393 e. The summed E-state index contributed by atoms with van der Waals surface area (Å²) in [6.45, 7) is 5.20. The summed E-state index contributed by atoms with van der Waals surface area (Å²) in [5, 5.41) is 32.0. The highest BCUT2D eigenvalue weighted by atomic mass is 16.3. The van der Waals surface area contributed by atoms with E-state index in [0.29, 0.717) is 12.8 Å². The second-order valence-electron chi connectivity index (χ2n) is 9.97. The van der Waals surface area contributed by atoms with E-state index in [0.717, 1.165) is 5.57 Å². The van der Waals surface area contributed by atoms with Gasteiger partial charge in [0.05, 0.1) is 6.10 Å². The van der Waals surface area contributed by atoms with Crippen molar-refractivity contribution in [1.82, 2.24) is 0 Å². The molecule has 6 nitrogen and oxygen atoms in total. The zero-order chi connectivity index (χ0) is 20.7. The van der Waals surface area contributed by atoms with Crippen LogP contribution in [0.1, 0.15) is 46.5 Å². The standard InChI is InChI=1S/C22H31NO5/c1-12-8-15-18(19(2)5-4-13(25)9-14(12)19)16(26)10-20(3)21(15,23)6-7-22(20,28)17(27)11-24/h4-5,9,12,15-16,18,24,26,28H,6-8,10-11,23H2,1-3H3/t12-,15+,16-,18+,19-,20-,21+,22-/m0/s1. The number of carbonyl (C=O) groups is 2. The maximum absolute atomic E-state index is 12.5. The number of allylic oxidation sites excluding steroid dienone is 4. The molecule has 8 atom stereocenters. The van der Waals surface area contributed by atoms with Crippen molar-refractivity contribution in [3.8, 4) is 0 Å². The molecule has 6 heteroatoms. The van der Waals surface area contributed by atoms with Gasteiger partial charge in [0.2, 0.25) is 0 Å². The van der Waals surface area contributed by atoms with Crippen LogP contribution in [0.2, 0.25) is 0 Å². The van der Waals surface area contributed by atoms with Crippen LogP contribution in [0.3, 0.4) is 0 Å². The minimum absolute atomic E-state index is 0.0286. The van der Waals surface area contributed by atoms with Crippen molar-refractivity contribution < 1.29 is 24.9 Å². The van der Waals surface area contributed by atoms with Crippen molar-refractivity contribution >= 4 is 11.6 Å². The lowest BCUT2D eigenvalue weighted by Crippen LogP contribution is -2.73. The number of fused-ring (bicyclic) bond motifs is 5. The normalized spacial score (nSPS) is 52.5. The van der Waals surface area contributed by atoms with Crippen LogP contribution in [0.4, 0.5) is 0 Å². The third kappa shape index (κ3) is 2.12. The van der Waals surface area contributed by atoms with Gasteiger partial charge in [0.1, 0.15) is 12.2 Å². The minimum Gasteiger partial charge on any atom is -0.393 e. The van der Waals surface area contributed by atoms with E-state index in [-0.39, 0.29) is 36.4 Å². The maximum Gasteiger partial charge on any atom is 0.190 e. The van der Waals surface area contributed by atoms with Gasteiger partial charge in [-0.2, -0.15) is 0 Å². The SMILES string of the molecule is C[C@H]1C[C@@H]2[C@H]([C@@H](O)C[C@@]3(C)[C@@]2(N)CC[C@]3(O)C(=O)CO)[C@@]2(C)C=CC(=O)C=C12. The van der Waals surface area contributed by atoms with Crippen LogP contribution >= 0.6 is 0 Å². The molecule has 4 rings (SSSR count). The Kier molecular flexibility index (Phi) is 4.17. The Bertz CT molecular complexity index is 805. The van der Waals surface area contributed by atoms with Crippen molar-refractivity contribution in [3.05, 3.63) is 23.8 Å². The van der Waals surface area contributed by atoms with Crippen LogP contribution < -0.4 is 5.73 Å². The zero-order valence-electron chi connectivity index (χ0n) is 16.8. The second kappa shape index (κ2) is 5.85. The summed E-state index contributed by atoms with van der Waals surface area (Å²) in [5.74, 6) is -0.843. The molecule has 0 amide bonds. The molecule has 0 bridgehead atoms. The van der Waals surface area contributed by atoms with Gasteiger partial charge in [-0.1, -0.05) is 32.4 Å². The molecule has 0 aromatic heterocycles. The van der Waals surface area contributed by atoms with Gasteiger partial charge in [-0.15, -0.1) is 0 Å². The molecule has 5 N–H and O–H groups in total. The fourth-order valence-corrected chi connectivity index (χ4v) is 7.36. The number of nitrogens with two attached hydrogens (primary N) is 1. The van der Waals surface area contributed by atoms with E-state index >= 15 is 0 Å². The first-order valence-corrected chi connectivity index (χ1v) is 10.2. The Morgan fingerprint density at radius 2 is 2.00 bits per heavy atom. The van der Waals surface area contributed by atoms with Gasteiger partial charge in [-0.3, -0.25) is 9.59 Å². The van der Waals surface area contributed by atoms with E-state index in [4.69, 9.17) is 5.73 Å². The van der Waals surface area contributed by atoms with Crippen molar-refractivity contribution in [2.24, 2.45) is 34.3 Å². The Hall–Kier alpha value is -1.34. The molecule has 0 spiro atoms. The van der Waals surface area contributed by atoms with Gasteiger partial charge in [0.15, 0.2) is 11.6 Å². The topological polar surface area (TPSA) is 121 Å². The summed E-state index contributed by atoms with van der Waals surface area (Å²) in [5.41, 5.74) is 4.00. The molecule has 4 aliphatic rings. The molecular weight excluding hydrogens is 358 g/mol. The zero-order valence-corrected chi connectivity index (χ0v) is 16.8. The van der Waals surface area contributed by atoms with Crippen LogP contribution in [0.15, 0.2) is 23.8 Å². The highest BCUT2D eigenvalue weighted by molar-refractivity contribution is 6.01. The van der Waals surface area contributed by atoms with Gasteiger partial charge in [-0.25, -0.2) is 0 Å². The number of hydrogen-bond acceptors (Lipinski definition) is 6. The van der Waals surface area contributed by atoms with E-state index < -0.39 is 40.5 Å². The van der Waals surface area contributed by atoms with Gasteiger partial charge in [0.25, 0.3) is 0 Å². The fourth-order valence-electron chi connectivity index (χ4n) is 7.36. The smallest absolute Gasteiger partial charge is 0.190 e. The molecule has 0 aromatic rings. The van der Waals surface area contributed by atoms with Crippen LogP contribution in [0, 0.1) is 28.6 Å². The summed E-state index contributed by atoms with van der Waals surface area (Å²) in [6, 6.07) is 0. The summed E-state index contributed by atoms with van der Waals surface area (Å²) in [4.78, 5) is 24.5. The second-order valence-corrected chi connectivity index (χ2v) is 9.97. The maximum atomic E-state index is 12.5. The first-order valence-electron chi connectivity index (χ1n) is 10.2. The number of aliphatic hydroxyl groups is 3. The van der Waals surface area contributed by atoms with E-state index in [2.05, 4.69) is 13.8 Å². The van der Waals surface area contributed by atoms with Crippen LogP contribution in [-0.4, -0.2) is 50.7 Å². The van der Waals surface area contributed by atoms with Crippen molar-refractivity contribution in [2.45, 2.75) is 63.7 Å². The van der Waals surface area contributed by atoms with E-state index in [1.807, 2.05) is 6.08 Å². The molecular formula is C22H31NO5. The fraction of sp³-hybridized carbons (Fsp3) is 0.727. The molecule has 28 heavy (non-hydrogen) atoms. The van der Waals surface area contributed by atoms with Crippen LogP contribution in [-0.2, 0) is 9.59 Å². The molecule has 0 aliphatic heterocycles. The van der Waals surface area contributed by atoms with Crippen molar-refractivity contribution in [2.75, 3.05) is 6.61 Å². The number of hydrogen-bond donors (Lipinski definition) is 4. The van der Waals surface area contributed by atoms with Crippen molar-refractivity contribution in [3.63, 3.8) is 0 Å². The van der Waals surface area contributed by atoms with E-state index in [9.17, 15) is 24.9 Å². The number of carbonyl (C=O) groups excluding carboxylic acids is 2. The monoisotopic (exact) mass is 389 g/mol. The van der Waals surface area contributed by atoms with Gasteiger partial charge in [-0.05, 0) is 49.7 Å². The molecule has 0 unspecified atom stereocenters. The van der Waals surface area contributed by atoms with Crippen molar-refractivity contribution in [1.29, 1.82) is 0 Å². The van der Waals surface area contributed by atoms with Crippen LogP contribution in [0.5, 0.6) is 0 Å². The minimum atomic E-state index is -1.74. The summed E-state index contributed by atoms with van der Waals surface area (Å²) in [7, 11) is 0. The first kappa shape index (κ1) is 20.0.